The Bertz CT molecular complexity index is 1340. The summed E-state index contributed by atoms with van der Waals surface area (Å²) in [4.78, 5) is 12.4. The number of nitrogens with one attached hydrogen (secondary N) is 1. The minimum absolute atomic E-state index is 0.0678. The van der Waals surface area contributed by atoms with Crippen molar-refractivity contribution in [3.8, 4) is 11.5 Å². The van der Waals surface area contributed by atoms with Gasteiger partial charge in [0.2, 0.25) is 21.8 Å². The van der Waals surface area contributed by atoms with Crippen molar-refractivity contribution in [3.63, 3.8) is 0 Å². The van der Waals surface area contributed by atoms with Gasteiger partial charge in [0.05, 0.1) is 15.5 Å². The number of hydrogen-bond donors (Lipinski definition) is 1. The standard InChI is InChI=1S/C20H21ClN4O6S2/c1-25(2)33(29,30)17-9-5-14(6-10-17)19-23-24-20(31-19)22-18(26)4-3-13-32(27,28)16-11-7-15(21)8-12-16/h5-12H,3-4,13H2,1-2H3,(H,22,24,26). The molecule has 3 rings (SSSR count). The molecule has 13 heteroatoms. The molecule has 0 bridgehead atoms. The molecule has 2 aromatic carbocycles. The summed E-state index contributed by atoms with van der Waals surface area (Å²) < 4.78 is 55.4. The van der Waals surface area contributed by atoms with Crippen molar-refractivity contribution in [3.05, 3.63) is 53.6 Å². The van der Waals surface area contributed by atoms with Crippen LogP contribution >= 0.6 is 11.6 Å². The number of sulfonamides is 1. The number of sulfone groups is 1. The number of hydrogen-bond acceptors (Lipinski definition) is 8. The second-order valence-electron chi connectivity index (χ2n) is 7.15. The highest BCUT2D eigenvalue weighted by atomic mass is 35.5. The first-order valence-electron chi connectivity index (χ1n) is 9.64. The molecule has 3 aromatic rings. The third-order valence-corrected chi connectivity index (χ3v) is 8.44. The molecule has 0 atom stereocenters. The Balaban J connectivity index is 1.56. The van der Waals surface area contributed by atoms with Gasteiger partial charge in [-0.2, -0.15) is 0 Å². The van der Waals surface area contributed by atoms with Crippen LogP contribution in [0.15, 0.2) is 62.7 Å². The van der Waals surface area contributed by atoms with E-state index in [0.29, 0.717) is 10.6 Å². The average Bonchev–Trinajstić information content (AvgIpc) is 3.22. The van der Waals surface area contributed by atoms with E-state index in [1.54, 1.807) is 0 Å². The van der Waals surface area contributed by atoms with Crippen LogP contribution in [0, 0.1) is 0 Å². The molecule has 0 unspecified atom stereocenters. The third-order valence-electron chi connectivity index (χ3n) is 4.54. The predicted molar refractivity (Wildman–Crippen MR) is 122 cm³/mol. The number of benzene rings is 2. The number of anilines is 1. The third kappa shape index (κ3) is 6.16. The topological polar surface area (TPSA) is 140 Å². The zero-order valence-electron chi connectivity index (χ0n) is 17.7. The van der Waals surface area contributed by atoms with Crippen LogP contribution in [-0.4, -0.2) is 57.1 Å². The van der Waals surface area contributed by atoms with E-state index < -0.39 is 25.8 Å². The molecular weight excluding hydrogens is 492 g/mol. The number of amides is 1. The molecule has 0 aliphatic rings. The predicted octanol–water partition coefficient (Wildman–Crippen LogP) is 2.83. The second-order valence-corrected chi connectivity index (χ2v) is 11.8. The zero-order valence-corrected chi connectivity index (χ0v) is 20.1. The van der Waals surface area contributed by atoms with Gasteiger partial charge in [0.25, 0.3) is 0 Å². The molecule has 176 valence electrons. The Labute approximate surface area is 196 Å². The molecule has 0 spiro atoms. The first kappa shape index (κ1) is 24.8. The van der Waals surface area contributed by atoms with E-state index in [0.717, 1.165) is 4.31 Å². The lowest BCUT2D eigenvalue weighted by atomic mass is 10.2. The molecular formula is C20H21ClN4O6S2. The van der Waals surface area contributed by atoms with Gasteiger partial charge >= 0.3 is 6.01 Å². The van der Waals surface area contributed by atoms with Gasteiger partial charge in [-0.1, -0.05) is 16.7 Å². The smallest absolute Gasteiger partial charge is 0.322 e. The largest absolute Gasteiger partial charge is 0.403 e. The Morgan fingerprint density at radius 3 is 2.18 bits per heavy atom. The van der Waals surface area contributed by atoms with Crippen LogP contribution in [0.4, 0.5) is 6.01 Å². The van der Waals surface area contributed by atoms with Crippen molar-refractivity contribution >= 4 is 43.4 Å². The second kappa shape index (κ2) is 10.00. The average molecular weight is 513 g/mol. The van der Waals surface area contributed by atoms with Crippen LogP contribution in [-0.2, 0) is 24.7 Å². The van der Waals surface area contributed by atoms with Gasteiger partial charge in [0, 0.05) is 31.1 Å². The minimum Gasteiger partial charge on any atom is -0.403 e. The Kier molecular flexibility index (Phi) is 7.52. The monoisotopic (exact) mass is 512 g/mol. The Morgan fingerprint density at radius 1 is 0.970 bits per heavy atom. The molecule has 0 aliphatic carbocycles. The molecule has 10 nitrogen and oxygen atoms in total. The van der Waals surface area contributed by atoms with Crippen molar-refractivity contribution in [2.75, 3.05) is 25.2 Å². The normalized spacial score (nSPS) is 12.1. The van der Waals surface area contributed by atoms with Crippen LogP contribution < -0.4 is 5.32 Å². The number of carbonyl (C=O) groups is 1. The SMILES string of the molecule is CN(C)S(=O)(=O)c1ccc(-c2nnc(NC(=O)CCCS(=O)(=O)c3ccc(Cl)cc3)o2)cc1. The summed E-state index contributed by atoms with van der Waals surface area (Å²) in [6.45, 7) is 0. The van der Waals surface area contributed by atoms with E-state index in [9.17, 15) is 21.6 Å². The summed E-state index contributed by atoms with van der Waals surface area (Å²) in [7, 11) is -4.23. The van der Waals surface area contributed by atoms with Crippen molar-refractivity contribution < 1.29 is 26.0 Å². The molecule has 1 N–H and O–H groups in total. The van der Waals surface area contributed by atoms with Crippen LogP contribution in [0.2, 0.25) is 5.02 Å². The highest BCUT2D eigenvalue weighted by Gasteiger charge is 2.19. The van der Waals surface area contributed by atoms with E-state index in [1.165, 1.54) is 62.6 Å². The van der Waals surface area contributed by atoms with Crippen LogP contribution in [0.5, 0.6) is 0 Å². The van der Waals surface area contributed by atoms with Crippen molar-refractivity contribution in [1.29, 1.82) is 0 Å². The van der Waals surface area contributed by atoms with Gasteiger partial charge < -0.3 is 4.42 Å². The lowest BCUT2D eigenvalue weighted by molar-refractivity contribution is -0.116. The quantitative estimate of drug-likeness (QED) is 0.461. The maximum atomic E-state index is 12.3. The lowest BCUT2D eigenvalue weighted by Gasteiger charge is -2.11. The van der Waals surface area contributed by atoms with Gasteiger partial charge in [-0.05, 0) is 55.0 Å². The van der Waals surface area contributed by atoms with Gasteiger partial charge in [0.15, 0.2) is 9.84 Å². The van der Waals surface area contributed by atoms with Crippen LogP contribution in [0.3, 0.4) is 0 Å². The molecule has 0 fully saturated rings. The first-order valence-corrected chi connectivity index (χ1v) is 13.1. The number of aromatic nitrogens is 2. The highest BCUT2D eigenvalue weighted by molar-refractivity contribution is 7.91. The fourth-order valence-corrected chi connectivity index (χ4v) is 5.07. The molecule has 0 saturated carbocycles. The van der Waals surface area contributed by atoms with E-state index in [1.807, 2.05) is 0 Å². The van der Waals surface area contributed by atoms with Gasteiger partial charge in [-0.3, -0.25) is 10.1 Å². The van der Waals surface area contributed by atoms with Crippen molar-refractivity contribution in [2.24, 2.45) is 0 Å². The van der Waals surface area contributed by atoms with E-state index in [-0.39, 0.29) is 40.3 Å². The fourth-order valence-electron chi connectivity index (χ4n) is 2.73. The highest BCUT2D eigenvalue weighted by Crippen LogP contribution is 2.23. The van der Waals surface area contributed by atoms with Crippen LogP contribution in [0.1, 0.15) is 12.8 Å². The number of rotatable bonds is 9. The fraction of sp³-hybridized carbons (Fsp3) is 0.250. The minimum atomic E-state index is -3.56. The Hall–Kier alpha value is -2.80. The van der Waals surface area contributed by atoms with Crippen molar-refractivity contribution in [2.45, 2.75) is 22.6 Å². The van der Waals surface area contributed by atoms with Gasteiger partial charge in [-0.25, -0.2) is 21.1 Å². The van der Waals surface area contributed by atoms with Crippen molar-refractivity contribution in [1.82, 2.24) is 14.5 Å². The summed E-state index contributed by atoms with van der Waals surface area (Å²) in [5.41, 5.74) is 0.467. The molecule has 0 aliphatic heterocycles. The van der Waals surface area contributed by atoms with Crippen LogP contribution in [0.25, 0.3) is 11.5 Å². The summed E-state index contributed by atoms with van der Waals surface area (Å²) in [5.74, 6) is -0.604. The summed E-state index contributed by atoms with van der Waals surface area (Å²) >= 11 is 5.77. The van der Waals surface area contributed by atoms with E-state index >= 15 is 0 Å². The summed E-state index contributed by atoms with van der Waals surface area (Å²) in [6, 6.07) is 11.5. The maximum Gasteiger partial charge on any atom is 0.322 e. The zero-order chi connectivity index (χ0) is 24.2. The maximum absolute atomic E-state index is 12.3. The number of nitrogens with zero attached hydrogens (tertiary/aromatic N) is 3. The summed E-state index contributed by atoms with van der Waals surface area (Å²) in [6.07, 6.45) is 0.0290. The van der Waals surface area contributed by atoms with Gasteiger partial charge in [-0.15, -0.1) is 5.10 Å². The molecule has 0 saturated heterocycles. The van der Waals surface area contributed by atoms with E-state index in [4.69, 9.17) is 16.0 Å². The molecule has 0 radical (unpaired) electrons. The summed E-state index contributed by atoms with van der Waals surface area (Å²) in [5, 5.41) is 10.4. The lowest BCUT2D eigenvalue weighted by Crippen LogP contribution is -2.22. The van der Waals surface area contributed by atoms with E-state index in [2.05, 4.69) is 15.5 Å². The Morgan fingerprint density at radius 2 is 1.58 bits per heavy atom. The first-order chi connectivity index (χ1) is 15.5. The molecule has 1 aromatic heterocycles. The molecule has 1 heterocycles. The molecule has 1 amide bonds. The van der Waals surface area contributed by atoms with Gasteiger partial charge in [0.1, 0.15) is 0 Å². The molecule has 33 heavy (non-hydrogen) atoms. The number of halogens is 1. The number of carbonyl (C=O) groups excluding carboxylic acids is 1.